The lowest BCUT2D eigenvalue weighted by Gasteiger charge is -2.15. The fraction of sp³-hybridized carbons (Fsp3) is 0.200. The van der Waals surface area contributed by atoms with Crippen molar-refractivity contribution in [3.63, 3.8) is 0 Å². The van der Waals surface area contributed by atoms with Crippen LogP contribution in [0.3, 0.4) is 0 Å². The maximum Gasteiger partial charge on any atom is 0.175 e. The van der Waals surface area contributed by atoms with E-state index in [1.807, 2.05) is 37.3 Å². The molecular weight excluding hydrogens is 503 g/mol. The molecule has 0 aromatic heterocycles. The second-order valence-electron chi connectivity index (χ2n) is 6.81. The molecule has 0 heterocycles. The van der Waals surface area contributed by atoms with Crippen LogP contribution in [0.1, 0.15) is 34.7 Å². The summed E-state index contributed by atoms with van der Waals surface area (Å²) in [5.41, 5.74) is 4.53. The van der Waals surface area contributed by atoms with Crippen molar-refractivity contribution in [1.82, 2.24) is 0 Å². The molecule has 158 valence electrons. The topological polar surface area (TPSA) is 63.8 Å². The Kier molecular flexibility index (Phi) is 8.30. The third-order valence-electron chi connectivity index (χ3n) is 4.47. The Balaban J connectivity index is 1.69. The summed E-state index contributed by atoms with van der Waals surface area (Å²) in [6.07, 6.45) is 1.63. The van der Waals surface area contributed by atoms with Crippen molar-refractivity contribution < 1.29 is 14.3 Å². The van der Waals surface area contributed by atoms with E-state index in [1.165, 1.54) is 5.56 Å². The van der Waals surface area contributed by atoms with E-state index in [9.17, 15) is 0 Å². The highest BCUT2D eigenvalue weighted by molar-refractivity contribution is 14.1. The molecule has 0 amide bonds. The van der Waals surface area contributed by atoms with Crippen LogP contribution in [0.4, 0.5) is 0 Å². The molecule has 0 radical (unpaired) electrons. The highest BCUT2D eigenvalue weighted by Gasteiger charge is 2.12. The molecule has 0 unspecified atom stereocenters. The molecule has 0 aliphatic heterocycles. The second-order valence-corrected chi connectivity index (χ2v) is 7.98. The fourth-order valence-corrected chi connectivity index (χ4v) is 3.65. The number of halogens is 1. The first kappa shape index (κ1) is 22.6. The molecule has 0 atom stereocenters. The summed E-state index contributed by atoms with van der Waals surface area (Å²) in [4.78, 5) is 5.39. The number of ether oxygens (including phenoxy) is 2. The van der Waals surface area contributed by atoms with Crippen LogP contribution in [0.2, 0.25) is 0 Å². The zero-order chi connectivity index (χ0) is 22.1. The van der Waals surface area contributed by atoms with Crippen LogP contribution in [0.15, 0.2) is 65.8 Å². The molecule has 0 N–H and O–H groups in total. The zero-order valence-corrected chi connectivity index (χ0v) is 19.6. The maximum absolute atomic E-state index is 9.15. The van der Waals surface area contributed by atoms with E-state index in [1.54, 1.807) is 12.3 Å². The molecular formula is C25H23IN2O3. The van der Waals surface area contributed by atoms with Gasteiger partial charge in [0, 0.05) is 11.1 Å². The summed E-state index contributed by atoms with van der Waals surface area (Å²) < 4.78 is 12.8. The molecule has 0 aliphatic carbocycles. The van der Waals surface area contributed by atoms with Crippen LogP contribution < -0.4 is 9.47 Å². The number of aryl methyl sites for hydroxylation is 1. The van der Waals surface area contributed by atoms with E-state index < -0.39 is 0 Å². The average Bonchev–Trinajstić information content (AvgIpc) is 2.78. The van der Waals surface area contributed by atoms with Crippen molar-refractivity contribution in [3.8, 4) is 17.6 Å². The highest BCUT2D eigenvalue weighted by Crippen LogP contribution is 2.34. The number of rotatable bonds is 9. The quantitative estimate of drug-likeness (QED) is 0.195. The third kappa shape index (κ3) is 6.46. The van der Waals surface area contributed by atoms with Gasteiger partial charge in [0.25, 0.3) is 0 Å². The highest BCUT2D eigenvalue weighted by atomic mass is 127. The number of oxime groups is 1. The Labute approximate surface area is 196 Å². The standard InChI is InChI=1S/C25H23IN2O3/c1-3-29-24-13-20(15-28-31-17-22-7-5-4-6-21(22)14-27)12-23(26)25(24)30-16-19-10-8-18(2)9-11-19/h4-13,15H,3,16-17H2,1-2H3/b28-15-. The fourth-order valence-electron chi connectivity index (χ4n) is 2.87. The van der Waals surface area contributed by atoms with Crippen molar-refractivity contribution in [2.75, 3.05) is 6.61 Å². The predicted octanol–water partition coefficient (Wildman–Crippen LogP) is 6.00. The van der Waals surface area contributed by atoms with Gasteiger partial charge in [0.05, 0.1) is 28.0 Å². The molecule has 0 saturated heterocycles. The van der Waals surface area contributed by atoms with Crippen LogP contribution in [-0.4, -0.2) is 12.8 Å². The van der Waals surface area contributed by atoms with Gasteiger partial charge in [-0.3, -0.25) is 0 Å². The zero-order valence-electron chi connectivity index (χ0n) is 17.5. The molecule has 5 nitrogen and oxygen atoms in total. The number of hydrogen-bond donors (Lipinski definition) is 0. The van der Waals surface area contributed by atoms with Gasteiger partial charge in [-0.05, 0) is 60.2 Å². The summed E-state index contributed by atoms with van der Waals surface area (Å²) >= 11 is 2.24. The van der Waals surface area contributed by atoms with Crippen molar-refractivity contribution >= 4 is 28.8 Å². The van der Waals surface area contributed by atoms with Gasteiger partial charge in [0.2, 0.25) is 0 Å². The first-order valence-electron chi connectivity index (χ1n) is 9.88. The number of nitriles is 1. The largest absolute Gasteiger partial charge is 0.490 e. The number of benzene rings is 3. The van der Waals surface area contributed by atoms with Gasteiger partial charge in [0.15, 0.2) is 11.5 Å². The summed E-state index contributed by atoms with van der Waals surface area (Å²) in [6.45, 7) is 5.22. The van der Waals surface area contributed by atoms with Crippen LogP contribution in [0.5, 0.6) is 11.5 Å². The smallest absolute Gasteiger partial charge is 0.175 e. The van der Waals surface area contributed by atoms with Crippen molar-refractivity contribution in [3.05, 3.63) is 92.1 Å². The first-order chi connectivity index (χ1) is 15.1. The van der Waals surface area contributed by atoms with Gasteiger partial charge >= 0.3 is 0 Å². The minimum Gasteiger partial charge on any atom is -0.490 e. The van der Waals surface area contributed by atoms with Gasteiger partial charge < -0.3 is 14.3 Å². The Morgan fingerprint density at radius 2 is 1.81 bits per heavy atom. The SMILES string of the molecule is CCOc1cc(/C=N\OCc2ccccc2C#N)cc(I)c1OCc1ccc(C)cc1. The van der Waals surface area contributed by atoms with Gasteiger partial charge in [0.1, 0.15) is 13.2 Å². The van der Waals surface area contributed by atoms with E-state index in [0.717, 1.165) is 20.3 Å². The third-order valence-corrected chi connectivity index (χ3v) is 5.27. The van der Waals surface area contributed by atoms with E-state index in [0.29, 0.717) is 30.3 Å². The Bertz CT molecular complexity index is 1090. The van der Waals surface area contributed by atoms with Crippen LogP contribution in [-0.2, 0) is 18.1 Å². The molecule has 3 rings (SSSR count). The molecule has 3 aromatic rings. The lowest BCUT2D eigenvalue weighted by molar-refractivity contribution is 0.132. The van der Waals surface area contributed by atoms with E-state index in [2.05, 4.69) is 65.0 Å². The van der Waals surface area contributed by atoms with Crippen LogP contribution in [0, 0.1) is 21.8 Å². The molecule has 3 aromatic carbocycles. The monoisotopic (exact) mass is 526 g/mol. The van der Waals surface area contributed by atoms with E-state index >= 15 is 0 Å². The van der Waals surface area contributed by atoms with Crippen molar-refractivity contribution in [2.24, 2.45) is 5.16 Å². The number of hydrogen-bond acceptors (Lipinski definition) is 5. The summed E-state index contributed by atoms with van der Waals surface area (Å²) in [5.74, 6) is 1.38. The minimum absolute atomic E-state index is 0.230. The minimum atomic E-state index is 0.230. The summed E-state index contributed by atoms with van der Waals surface area (Å²) in [5, 5.41) is 13.2. The van der Waals surface area contributed by atoms with Crippen LogP contribution in [0.25, 0.3) is 0 Å². The Morgan fingerprint density at radius 3 is 2.55 bits per heavy atom. The lowest BCUT2D eigenvalue weighted by Crippen LogP contribution is -2.02. The Hall–Kier alpha value is -3.05. The van der Waals surface area contributed by atoms with Gasteiger partial charge in [-0.1, -0.05) is 53.2 Å². The molecule has 0 bridgehead atoms. The molecule has 0 spiro atoms. The van der Waals surface area contributed by atoms with Gasteiger partial charge in [-0.25, -0.2) is 0 Å². The molecule has 0 fully saturated rings. The van der Waals surface area contributed by atoms with Crippen molar-refractivity contribution in [2.45, 2.75) is 27.1 Å². The molecule has 31 heavy (non-hydrogen) atoms. The second kappa shape index (κ2) is 11.4. The molecule has 0 saturated carbocycles. The Morgan fingerprint density at radius 1 is 1.03 bits per heavy atom. The maximum atomic E-state index is 9.15. The average molecular weight is 526 g/mol. The van der Waals surface area contributed by atoms with Crippen molar-refractivity contribution in [1.29, 1.82) is 5.26 Å². The van der Waals surface area contributed by atoms with Crippen LogP contribution >= 0.6 is 22.6 Å². The molecule has 6 heteroatoms. The van der Waals surface area contributed by atoms with Gasteiger partial charge in [-0.2, -0.15) is 5.26 Å². The van der Waals surface area contributed by atoms with Gasteiger partial charge in [-0.15, -0.1) is 0 Å². The lowest BCUT2D eigenvalue weighted by atomic mass is 10.1. The normalized spacial score (nSPS) is 10.6. The van der Waals surface area contributed by atoms with E-state index in [-0.39, 0.29) is 6.61 Å². The summed E-state index contributed by atoms with van der Waals surface area (Å²) in [7, 11) is 0. The molecule has 0 aliphatic rings. The first-order valence-corrected chi connectivity index (χ1v) is 11.0. The summed E-state index contributed by atoms with van der Waals surface area (Å²) in [6, 6.07) is 21.6. The predicted molar refractivity (Wildman–Crippen MR) is 129 cm³/mol. The van der Waals surface area contributed by atoms with E-state index in [4.69, 9.17) is 19.6 Å². The number of nitrogens with zero attached hydrogens (tertiary/aromatic N) is 2.